The number of aromatic nitrogens is 2. The van der Waals surface area contributed by atoms with Gasteiger partial charge in [-0.1, -0.05) is 17.3 Å². The van der Waals surface area contributed by atoms with Crippen LogP contribution < -0.4 is 4.74 Å². The fraction of sp³-hybridized carbons (Fsp3) is 0.300. The smallest absolute Gasteiger partial charge is 0.404 e. The van der Waals surface area contributed by atoms with Crippen molar-refractivity contribution in [2.75, 3.05) is 13.1 Å². The Labute approximate surface area is 180 Å². The summed E-state index contributed by atoms with van der Waals surface area (Å²) in [7, 11) is -4.28. The van der Waals surface area contributed by atoms with Crippen LogP contribution in [0.25, 0.3) is 11.4 Å². The molecule has 0 bridgehead atoms. The topological polar surface area (TPSA) is 85.5 Å². The van der Waals surface area contributed by atoms with Crippen LogP contribution in [0.3, 0.4) is 0 Å². The van der Waals surface area contributed by atoms with Crippen molar-refractivity contribution in [2.45, 2.75) is 30.0 Å². The van der Waals surface area contributed by atoms with Crippen LogP contribution in [0.4, 0.5) is 17.6 Å². The molecule has 1 fully saturated rings. The molecule has 12 heteroatoms. The Morgan fingerprint density at radius 2 is 1.81 bits per heavy atom. The summed E-state index contributed by atoms with van der Waals surface area (Å²) in [6.07, 6.45) is -4.03. The van der Waals surface area contributed by atoms with Gasteiger partial charge in [-0.05, 0) is 49.2 Å². The van der Waals surface area contributed by atoms with Gasteiger partial charge in [0.1, 0.15) is 16.5 Å². The number of ether oxygens (including phenoxy) is 1. The fourth-order valence-corrected chi connectivity index (χ4v) is 5.13. The highest BCUT2D eigenvalue weighted by Crippen LogP contribution is 2.35. The second kappa shape index (κ2) is 8.51. The van der Waals surface area contributed by atoms with Gasteiger partial charge in [0.2, 0.25) is 21.7 Å². The quantitative estimate of drug-likeness (QED) is 0.515. The largest absolute Gasteiger partial charge is 0.573 e. The van der Waals surface area contributed by atoms with Crippen molar-refractivity contribution in [3.63, 3.8) is 0 Å². The first-order valence-electron chi connectivity index (χ1n) is 9.58. The number of halogens is 4. The molecule has 1 aromatic heterocycles. The molecule has 170 valence electrons. The maximum atomic E-state index is 13.1. The van der Waals surface area contributed by atoms with Crippen LogP contribution in [0.5, 0.6) is 5.75 Å². The molecule has 0 N–H and O–H groups in total. The molecular formula is C20H17F4N3O4S. The molecule has 3 aromatic rings. The van der Waals surface area contributed by atoms with E-state index in [1.54, 1.807) is 0 Å². The first kappa shape index (κ1) is 22.2. The van der Waals surface area contributed by atoms with E-state index in [0.717, 1.165) is 16.4 Å². The number of hydrogen-bond acceptors (Lipinski definition) is 6. The highest BCUT2D eigenvalue weighted by molar-refractivity contribution is 7.89. The number of benzene rings is 2. The third kappa shape index (κ3) is 4.75. The lowest BCUT2D eigenvalue weighted by molar-refractivity contribution is -0.275. The molecule has 1 atom stereocenters. The molecule has 1 unspecified atom stereocenters. The van der Waals surface area contributed by atoms with Crippen LogP contribution in [0.1, 0.15) is 24.7 Å². The van der Waals surface area contributed by atoms with Gasteiger partial charge >= 0.3 is 6.36 Å². The lowest BCUT2D eigenvalue weighted by atomic mass is 10.00. The third-order valence-electron chi connectivity index (χ3n) is 4.97. The molecular weight excluding hydrogens is 454 g/mol. The molecule has 2 heterocycles. The van der Waals surface area contributed by atoms with E-state index in [1.165, 1.54) is 36.4 Å². The zero-order chi connectivity index (χ0) is 22.9. The van der Waals surface area contributed by atoms with Gasteiger partial charge in [-0.15, -0.1) is 13.2 Å². The van der Waals surface area contributed by atoms with Crippen molar-refractivity contribution in [2.24, 2.45) is 0 Å². The minimum atomic E-state index is -5.03. The third-order valence-corrected chi connectivity index (χ3v) is 6.87. The monoisotopic (exact) mass is 471 g/mol. The van der Waals surface area contributed by atoms with Crippen LogP contribution in [0.2, 0.25) is 0 Å². The summed E-state index contributed by atoms with van der Waals surface area (Å²) >= 11 is 0. The lowest BCUT2D eigenvalue weighted by Gasteiger charge is -2.30. The number of rotatable bonds is 5. The summed E-state index contributed by atoms with van der Waals surface area (Å²) in [4.78, 5) is 3.72. The van der Waals surface area contributed by atoms with Crippen molar-refractivity contribution in [3.05, 3.63) is 60.2 Å². The second-order valence-corrected chi connectivity index (χ2v) is 9.07. The summed E-state index contributed by atoms with van der Waals surface area (Å²) in [5, 5.41) is 3.87. The summed E-state index contributed by atoms with van der Waals surface area (Å²) in [6, 6.07) is 10.1. The minimum absolute atomic E-state index is 0.0479. The molecule has 7 nitrogen and oxygen atoms in total. The summed E-state index contributed by atoms with van der Waals surface area (Å²) in [6.45, 7) is 0.0753. The van der Waals surface area contributed by atoms with E-state index < -0.39 is 38.8 Å². The molecule has 0 radical (unpaired) electrons. The lowest BCUT2D eigenvalue weighted by Crippen LogP contribution is -2.39. The first-order chi connectivity index (χ1) is 15.1. The standard InChI is InChI=1S/C20H17F4N3O4S/c21-15-9-7-13(8-10-15)18-25-19(31-26-18)14-4-3-11-27(12-14)32(28,29)17-6-2-1-5-16(17)30-20(22,23)24/h1-2,5-10,14H,3-4,11-12H2. The van der Waals surface area contributed by atoms with Gasteiger partial charge in [0.25, 0.3) is 0 Å². The van der Waals surface area contributed by atoms with Crippen molar-refractivity contribution in [1.82, 2.24) is 14.4 Å². The number of para-hydroxylation sites is 1. The Bertz CT molecular complexity index is 1200. The molecule has 32 heavy (non-hydrogen) atoms. The van der Waals surface area contributed by atoms with E-state index in [9.17, 15) is 26.0 Å². The van der Waals surface area contributed by atoms with Crippen molar-refractivity contribution in [3.8, 4) is 17.1 Å². The van der Waals surface area contributed by atoms with E-state index in [-0.39, 0.29) is 24.8 Å². The van der Waals surface area contributed by atoms with Gasteiger partial charge in [0.15, 0.2) is 0 Å². The molecule has 0 aliphatic carbocycles. The Balaban J connectivity index is 1.56. The highest BCUT2D eigenvalue weighted by Gasteiger charge is 2.38. The number of nitrogens with zero attached hydrogens (tertiary/aromatic N) is 3. The number of hydrogen-bond donors (Lipinski definition) is 0. The predicted octanol–water partition coefficient (Wildman–Crippen LogP) is 4.34. The fourth-order valence-electron chi connectivity index (χ4n) is 3.49. The van der Waals surface area contributed by atoms with Gasteiger partial charge in [-0.3, -0.25) is 0 Å². The molecule has 0 amide bonds. The zero-order valence-corrected chi connectivity index (χ0v) is 17.2. The molecule has 0 spiro atoms. The first-order valence-corrected chi connectivity index (χ1v) is 11.0. The molecule has 1 aliphatic heterocycles. The average molecular weight is 471 g/mol. The van der Waals surface area contributed by atoms with E-state index in [0.29, 0.717) is 18.4 Å². The highest BCUT2D eigenvalue weighted by atomic mass is 32.2. The average Bonchev–Trinajstić information content (AvgIpc) is 3.24. The molecule has 1 saturated heterocycles. The maximum absolute atomic E-state index is 13.1. The van der Waals surface area contributed by atoms with Crippen LogP contribution in [0, 0.1) is 5.82 Å². The van der Waals surface area contributed by atoms with Crippen molar-refractivity contribution >= 4 is 10.0 Å². The van der Waals surface area contributed by atoms with Gasteiger partial charge in [0, 0.05) is 18.7 Å². The normalized spacial score (nSPS) is 17.9. The SMILES string of the molecule is O=S(=O)(c1ccccc1OC(F)(F)F)N1CCCC(c2nc(-c3ccc(F)cc3)no2)C1. The Morgan fingerprint density at radius 3 is 2.53 bits per heavy atom. The maximum Gasteiger partial charge on any atom is 0.573 e. The van der Waals surface area contributed by atoms with E-state index in [1.807, 2.05) is 0 Å². The summed E-state index contributed by atoms with van der Waals surface area (Å²) < 4.78 is 87.8. The number of sulfonamides is 1. The summed E-state index contributed by atoms with van der Waals surface area (Å²) in [5.74, 6) is -1.23. The number of piperidine rings is 1. The molecule has 4 rings (SSSR count). The van der Waals surface area contributed by atoms with Crippen molar-refractivity contribution in [1.29, 1.82) is 0 Å². The van der Waals surface area contributed by atoms with E-state index >= 15 is 0 Å². The molecule has 0 saturated carbocycles. The van der Waals surface area contributed by atoms with E-state index in [4.69, 9.17) is 4.52 Å². The van der Waals surface area contributed by atoms with Gasteiger partial charge in [-0.2, -0.15) is 9.29 Å². The van der Waals surface area contributed by atoms with Gasteiger partial charge in [0.05, 0.1) is 5.92 Å². The number of alkyl halides is 3. The van der Waals surface area contributed by atoms with Gasteiger partial charge in [-0.25, -0.2) is 12.8 Å². The van der Waals surface area contributed by atoms with Crippen LogP contribution in [-0.4, -0.2) is 42.3 Å². The Hall–Kier alpha value is -2.99. The van der Waals surface area contributed by atoms with Crippen LogP contribution in [0.15, 0.2) is 57.9 Å². The molecule has 2 aromatic carbocycles. The van der Waals surface area contributed by atoms with E-state index in [2.05, 4.69) is 14.9 Å². The Kier molecular flexibility index (Phi) is 5.91. The summed E-state index contributed by atoms with van der Waals surface area (Å²) in [5.41, 5.74) is 0.528. The molecule has 1 aliphatic rings. The van der Waals surface area contributed by atoms with Crippen LogP contribution in [-0.2, 0) is 10.0 Å². The minimum Gasteiger partial charge on any atom is -0.404 e. The Morgan fingerprint density at radius 1 is 1.09 bits per heavy atom. The van der Waals surface area contributed by atoms with Crippen LogP contribution >= 0.6 is 0 Å². The van der Waals surface area contributed by atoms with Gasteiger partial charge < -0.3 is 9.26 Å². The van der Waals surface area contributed by atoms with Crippen molar-refractivity contribution < 1.29 is 35.2 Å². The predicted molar refractivity (Wildman–Crippen MR) is 104 cm³/mol. The second-order valence-electron chi connectivity index (χ2n) is 7.16. The zero-order valence-electron chi connectivity index (χ0n) is 16.4.